The van der Waals surface area contributed by atoms with Crippen LogP contribution in [0.1, 0.15) is 30.4 Å². The molecule has 4 heteroatoms. The molecule has 0 saturated carbocycles. The van der Waals surface area contributed by atoms with Gasteiger partial charge >= 0.3 is 0 Å². The largest absolute Gasteiger partial charge is 0.361 e. The van der Waals surface area contributed by atoms with Crippen LogP contribution in [0.4, 0.5) is 0 Å². The number of rotatable bonds is 3. The number of nitrogens with one attached hydrogen (secondary N) is 2. The maximum atomic E-state index is 6.10. The van der Waals surface area contributed by atoms with Gasteiger partial charge in [0.25, 0.3) is 0 Å². The van der Waals surface area contributed by atoms with Gasteiger partial charge in [0.05, 0.1) is 0 Å². The zero-order valence-corrected chi connectivity index (χ0v) is 14.2. The van der Waals surface area contributed by atoms with Crippen LogP contribution in [-0.2, 0) is 0 Å². The standard InChI is InChI=1S/C19H16Cl2N2/c1-2-13(16-9-22-18-7-11(20)3-5-14(16)18)17-10-23-19-8-12(21)4-6-15(17)19/h3-10,13,22-23H,2H2,1H3. The van der Waals surface area contributed by atoms with E-state index in [4.69, 9.17) is 23.2 Å². The third-order valence-electron chi connectivity index (χ3n) is 4.51. The summed E-state index contributed by atoms with van der Waals surface area (Å²) in [6, 6.07) is 12.0. The molecule has 23 heavy (non-hydrogen) atoms. The van der Waals surface area contributed by atoms with E-state index in [1.807, 2.05) is 24.3 Å². The second-order valence-electron chi connectivity index (χ2n) is 5.83. The summed E-state index contributed by atoms with van der Waals surface area (Å²) in [6.45, 7) is 2.22. The predicted octanol–water partition coefficient (Wildman–Crippen LogP) is 6.50. The molecule has 4 rings (SSSR count). The summed E-state index contributed by atoms with van der Waals surface area (Å²) in [7, 11) is 0. The summed E-state index contributed by atoms with van der Waals surface area (Å²) in [6.07, 6.45) is 5.22. The second-order valence-corrected chi connectivity index (χ2v) is 6.70. The summed E-state index contributed by atoms with van der Waals surface area (Å²) in [5.74, 6) is 0.319. The molecule has 0 unspecified atom stereocenters. The minimum atomic E-state index is 0.319. The van der Waals surface area contributed by atoms with Crippen LogP contribution in [-0.4, -0.2) is 9.97 Å². The molecule has 0 amide bonds. The smallest absolute Gasteiger partial charge is 0.0471 e. The van der Waals surface area contributed by atoms with Gasteiger partial charge in [0.1, 0.15) is 0 Å². The van der Waals surface area contributed by atoms with Crippen LogP contribution >= 0.6 is 23.2 Å². The number of benzene rings is 2. The predicted molar refractivity (Wildman–Crippen MR) is 98.8 cm³/mol. The first kappa shape index (κ1) is 14.7. The van der Waals surface area contributed by atoms with Crippen LogP contribution in [0.5, 0.6) is 0 Å². The SMILES string of the molecule is CCC(c1c[nH]c2cc(Cl)ccc12)c1c[nH]c2cc(Cl)ccc12. The van der Waals surface area contributed by atoms with Crippen LogP contribution in [0, 0.1) is 0 Å². The average molecular weight is 343 g/mol. The first-order chi connectivity index (χ1) is 11.2. The van der Waals surface area contributed by atoms with Crippen molar-refractivity contribution in [2.45, 2.75) is 19.3 Å². The number of H-pyrrole nitrogens is 2. The minimum Gasteiger partial charge on any atom is -0.361 e. The van der Waals surface area contributed by atoms with Crippen molar-refractivity contribution in [2.75, 3.05) is 0 Å². The Hall–Kier alpha value is -1.90. The molecule has 2 aromatic heterocycles. The maximum absolute atomic E-state index is 6.10. The summed E-state index contributed by atoms with van der Waals surface area (Å²) < 4.78 is 0. The lowest BCUT2D eigenvalue weighted by molar-refractivity contribution is 0.789. The van der Waals surface area contributed by atoms with E-state index >= 15 is 0 Å². The average Bonchev–Trinajstić information content (AvgIpc) is 3.13. The molecule has 116 valence electrons. The Kier molecular flexibility index (Phi) is 3.59. The number of fused-ring (bicyclic) bond motifs is 2. The molecule has 2 N–H and O–H groups in total. The first-order valence-corrected chi connectivity index (χ1v) is 8.46. The second kappa shape index (κ2) is 5.63. The van der Waals surface area contributed by atoms with Crippen molar-refractivity contribution in [3.8, 4) is 0 Å². The summed E-state index contributed by atoms with van der Waals surface area (Å²) >= 11 is 12.2. The van der Waals surface area contributed by atoms with Gasteiger partial charge in [-0.2, -0.15) is 0 Å². The van der Waals surface area contributed by atoms with E-state index < -0.39 is 0 Å². The van der Waals surface area contributed by atoms with E-state index in [1.165, 1.54) is 21.9 Å². The highest BCUT2D eigenvalue weighted by atomic mass is 35.5. The molecular weight excluding hydrogens is 327 g/mol. The monoisotopic (exact) mass is 342 g/mol. The van der Waals surface area contributed by atoms with Gasteiger partial charge in [-0.3, -0.25) is 0 Å². The number of aromatic nitrogens is 2. The molecule has 0 saturated heterocycles. The molecule has 0 aliphatic heterocycles. The van der Waals surface area contributed by atoms with Crippen molar-refractivity contribution in [1.29, 1.82) is 0 Å². The highest BCUT2D eigenvalue weighted by Gasteiger charge is 2.19. The van der Waals surface area contributed by atoms with Crippen molar-refractivity contribution < 1.29 is 0 Å². The molecule has 0 spiro atoms. The van der Waals surface area contributed by atoms with Crippen molar-refractivity contribution in [1.82, 2.24) is 9.97 Å². The van der Waals surface area contributed by atoms with E-state index in [1.54, 1.807) is 0 Å². The number of hydrogen-bond acceptors (Lipinski definition) is 0. The van der Waals surface area contributed by atoms with Gasteiger partial charge in [-0.05, 0) is 41.8 Å². The van der Waals surface area contributed by atoms with E-state index in [0.29, 0.717) is 5.92 Å². The lowest BCUT2D eigenvalue weighted by Gasteiger charge is -2.14. The normalized spacial score (nSPS) is 11.8. The van der Waals surface area contributed by atoms with Gasteiger partial charge in [-0.1, -0.05) is 42.3 Å². The van der Waals surface area contributed by atoms with E-state index in [0.717, 1.165) is 27.5 Å². The molecular formula is C19H16Cl2N2. The third kappa shape index (κ3) is 2.43. The van der Waals surface area contributed by atoms with Crippen molar-refractivity contribution in [3.05, 3.63) is 70.0 Å². The zero-order valence-electron chi connectivity index (χ0n) is 12.7. The molecule has 0 radical (unpaired) electrons. The molecule has 0 aliphatic carbocycles. The molecule has 0 fully saturated rings. The Balaban J connectivity index is 1.89. The Morgan fingerprint density at radius 3 is 1.74 bits per heavy atom. The summed E-state index contributed by atoms with van der Waals surface area (Å²) in [4.78, 5) is 6.69. The van der Waals surface area contributed by atoms with Gasteiger partial charge < -0.3 is 9.97 Å². The lowest BCUT2D eigenvalue weighted by atomic mass is 9.89. The molecule has 4 aromatic rings. The number of aromatic amines is 2. The van der Waals surface area contributed by atoms with Crippen LogP contribution in [0.2, 0.25) is 10.0 Å². The summed E-state index contributed by atoms with van der Waals surface area (Å²) in [5.41, 5.74) is 4.76. The van der Waals surface area contributed by atoms with Crippen molar-refractivity contribution in [2.24, 2.45) is 0 Å². The Morgan fingerprint density at radius 1 is 0.826 bits per heavy atom. The van der Waals surface area contributed by atoms with Gasteiger partial charge in [-0.25, -0.2) is 0 Å². The molecule has 2 nitrogen and oxygen atoms in total. The van der Waals surface area contributed by atoms with Gasteiger partial charge in [0.2, 0.25) is 0 Å². The van der Waals surface area contributed by atoms with Crippen molar-refractivity contribution >= 4 is 45.0 Å². The topological polar surface area (TPSA) is 31.6 Å². The van der Waals surface area contributed by atoms with Crippen LogP contribution in [0.3, 0.4) is 0 Å². The van der Waals surface area contributed by atoms with E-state index in [2.05, 4.69) is 41.4 Å². The van der Waals surface area contributed by atoms with Crippen LogP contribution in [0.25, 0.3) is 21.8 Å². The molecule has 2 aromatic carbocycles. The molecule has 0 bridgehead atoms. The maximum Gasteiger partial charge on any atom is 0.0471 e. The Morgan fingerprint density at radius 2 is 1.30 bits per heavy atom. The van der Waals surface area contributed by atoms with Crippen LogP contribution < -0.4 is 0 Å². The van der Waals surface area contributed by atoms with Crippen LogP contribution in [0.15, 0.2) is 48.8 Å². The summed E-state index contributed by atoms with van der Waals surface area (Å²) in [5, 5.41) is 3.95. The first-order valence-electron chi connectivity index (χ1n) is 7.70. The fraction of sp³-hybridized carbons (Fsp3) is 0.158. The molecule has 0 atom stereocenters. The zero-order chi connectivity index (χ0) is 16.0. The quantitative estimate of drug-likeness (QED) is 0.426. The van der Waals surface area contributed by atoms with Gasteiger partial charge in [-0.15, -0.1) is 0 Å². The van der Waals surface area contributed by atoms with Gasteiger partial charge in [0, 0.05) is 50.2 Å². The number of hydrogen-bond donors (Lipinski definition) is 2. The Bertz CT molecular complexity index is 917. The minimum absolute atomic E-state index is 0.319. The Labute approximate surface area is 144 Å². The fourth-order valence-corrected chi connectivity index (χ4v) is 3.77. The van der Waals surface area contributed by atoms with Gasteiger partial charge in [0.15, 0.2) is 0 Å². The number of halogens is 2. The van der Waals surface area contributed by atoms with Crippen molar-refractivity contribution in [3.63, 3.8) is 0 Å². The lowest BCUT2D eigenvalue weighted by Crippen LogP contribution is -1.98. The highest BCUT2D eigenvalue weighted by Crippen LogP contribution is 2.37. The highest BCUT2D eigenvalue weighted by molar-refractivity contribution is 6.31. The fourth-order valence-electron chi connectivity index (χ4n) is 3.43. The molecule has 0 aliphatic rings. The molecule has 2 heterocycles. The van der Waals surface area contributed by atoms with E-state index in [-0.39, 0.29) is 0 Å². The third-order valence-corrected chi connectivity index (χ3v) is 4.98. The van der Waals surface area contributed by atoms with E-state index in [9.17, 15) is 0 Å².